The molecule has 0 atom stereocenters. The molecule has 4 nitrogen and oxygen atoms in total. The second-order valence-electron chi connectivity index (χ2n) is 3.90. The molecule has 4 heteroatoms. The van der Waals surface area contributed by atoms with E-state index in [2.05, 4.69) is 12.2 Å². The van der Waals surface area contributed by atoms with Gasteiger partial charge in [0.05, 0.1) is 6.61 Å². The minimum absolute atomic E-state index is 0.0421. The maximum atomic E-state index is 11.5. The Morgan fingerprint density at radius 2 is 2.07 bits per heavy atom. The predicted molar refractivity (Wildman–Crippen MR) is 61.9 cm³/mol. The lowest BCUT2D eigenvalue weighted by Crippen LogP contribution is -2.36. The lowest BCUT2D eigenvalue weighted by Gasteiger charge is -2.21. The molecule has 0 unspecified atom stereocenters. The highest BCUT2D eigenvalue weighted by Gasteiger charge is 2.10. The van der Waals surface area contributed by atoms with Gasteiger partial charge in [-0.2, -0.15) is 0 Å². The summed E-state index contributed by atoms with van der Waals surface area (Å²) in [5.41, 5.74) is 0. The number of ether oxygens (including phenoxy) is 1. The molecular formula is C11H24N2O2. The fourth-order valence-corrected chi connectivity index (χ4v) is 0.995. The Balaban J connectivity index is 3.39. The van der Waals surface area contributed by atoms with Gasteiger partial charge in [0.1, 0.15) is 6.61 Å². The summed E-state index contributed by atoms with van der Waals surface area (Å²) in [4.78, 5) is 13.1. The Morgan fingerprint density at radius 3 is 2.60 bits per heavy atom. The number of carbonyl (C=O) groups excluding carboxylic acids is 1. The van der Waals surface area contributed by atoms with Crippen molar-refractivity contribution < 1.29 is 9.53 Å². The number of carbonyl (C=O) groups is 1. The molecule has 0 aliphatic heterocycles. The molecule has 0 radical (unpaired) electrons. The van der Waals surface area contributed by atoms with Crippen LogP contribution in [0, 0.1) is 0 Å². The Morgan fingerprint density at radius 1 is 1.40 bits per heavy atom. The molecule has 15 heavy (non-hydrogen) atoms. The first-order valence-electron chi connectivity index (χ1n) is 5.63. The lowest BCUT2D eigenvalue weighted by molar-refractivity contribution is -0.136. The largest absolute Gasteiger partial charge is 0.370 e. The van der Waals surface area contributed by atoms with Gasteiger partial charge in [-0.1, -0.05) is 6.92 Å². The van der Waals surface area contributed by atoms with E-state index in [0.29, 0.717) is 6.61 Å². The molecule has 0 fully saturated rings. The molecule has 0 aromatic carbocycles. The van der Waals surface area contributed by atoms with Gasteiger partial charge >= 0.3 is 0 Å². The summed E-state index contributed by atoms with van der Waals surface area (Å²) in [6.07, 6.45) is 1.12. The smallest absolute Gasteiger partial charge is 0.248 e. The zero-order valence-electron chi connectivity index (χ0n) is 10.4. The number of rotatable bonds is 8. The molecule has 0 aliphatic rings. The fraction of sp³-hybridized carbons (Fsp3) is 0.909. The summed E-state index contributed by atoms with van der Waals surface area (Å²) < 4.78 is 5.26. The zero-order chi connectivity index (χ0) is 11.7. The minimum Gasteiger partial charge on any atom is -0.370 e. The number of hydrogen-bond acceptors (Lipinski definition) is 3. The van der Waals surface area contributed by atoms with E-state index in [4.69, 9.17) is 4.74 Å². The monoisotopic (exact) mass is 216 g/mol. The molecule has 0 aliphatic carbocycles. The van der Waals surface area contributed by atoms with Gasteiger partial charge in [0.2, 0.25) is 5.91 Å². The first-order valence-corrected chi connectivity index (χ1v) is 5.63. The average molecular weight is 216 g/mol. The van der Waals surface area contributed by atoms with Crippen molar-refractivity contribution in [3.63, 3.8) is 0 Å². The molecule has 1 N–H and O–H groups in total. The second kappa shape index (κ2) is 8.68. The van der Waals surface area contributed by atoms with E-state index >= 15 is 0 Å². The number of hydrogen-bond donors (Lipinski definition) is 1. The van der Waals surface area contributed by atoms with Gasteiger partial charge in [-0.25, -0.2) is 0 Å². The third-order valence-corrected chi connectivity index (χ3v) is 2.24. The maximum Gasteiger partial charge on any atom is 0.248 e. The van der Waals surface area contributed by atoms with Crippen molar-refractivity contribution >= 4 is 5.91 Å². The fourth-order valence-electron chi connectivity index (χ4n) is 0.995. The summed E-state index contributed by atoms with van der Waals surface area (Å²) in [5, 5.41) is 3.21. The van der Waals surface area contributed by atoms with E-state index in [9.17, 15) is 4.79 Å². The SMILES string of the molecule is CCCNCCOCC(=O)N(C)C(C)C. The van der Waals surface area contributed by atoms with Crippen LogP contribution >= 0.6 is 0 Å². The minimum atomic E-state index is 0.0421. The summed E-state index contributed by atoms with van der Waals surface area (Å²) in [5.74, 6) is 0.0421. The van der Waals surface area contributed by atoms with Crippen molar-refractivity contribution in [3.8, 4) is 0 Å². The van der Waals surface area contributed by atoms with Crippen LogP contribution in [0.5, 0.6) is 0 Å². The Hall–Kier alpha value is -0.610. The van der Waals surface area contributed by atoms with Crippen LogP contribution in [0.2, 0.25) is 0 Å². The zero-order valence-corrected chi connectivity index (χ0v) is 10.4. The predicted octanol–water partition coefficient (Wildman–Crippen LogP) is 0.869. The molecule has 0 saturated heterocycles. The Bertz CT molecular complexity index is 172. The molecule has 0 bridgehead atoms. The average Bonchev–Trinajstić information content (AvgIpc) is 2.21. The maximum absolute atomic E-state index is 11.5. The van der Waals surface area contributed by atoms with Crippen LogP contribution < -0.4 is 5.32 Å². The van der Waals surface area contributed by atoms with Gasteiger partial charge in [-0.15, -0.1) is 0 Å². The van der Waals surface area contributed by atoms with E-state index in [-0.39, 0.29) is 18.6 Å². The van der Waals surface area contributed by atoms with E-state index in [1.54, 1.807) is 11.9 Å². The summed E-state index contributed by atoms with van der Waals surface area (Å²) in [6.45, 7) is 8.69. The van der Waals surface area contributed by atoms with Crippen LogP contribution in [-0.4, -0.2) is 50.2 Å². The van der Waals surface area contributed by atoms with Crippen LogP contribution in [0.3, 0.4) is 0 Å². The van der Waals surface area contributed by atoms with Crippen LogP contribution in [0.4, 0.5) is 0 Å². The van der Waals surface area contributed by atoms with Gasteiger partial charge in [-0.05, 0) is 26.8 Å². The number of nitrogens with zero attached hydrogens (tertiary/aromatic N) is 1. The first kappa shape index (κ1) is 14.4. The van der Waals surface area contributed by atoms with E-state index < -0.39 is 0 Å². The molecule has 0 aromatic heterocycles. The molecule has 1 amide bonds. The normalized spacial score (nSPS) is 10.7. The van der Waals surface area contributed by atoms with Crippen molar-refractivity contribution in [2.75, 3.05) is 33.4 Å². The van der Waals surface area contributed by atoms with Crippen molar-refractivity contribution in [1.29, 1.82) is 0 Å². The summed E-state index contributed by atoms with van der Waals surface area (Å²) in [6, 6.07) is 0.235. The number of likely N-dealkylation sites (N-methyl/N-ethyl adjacent to an activating group) is 1. The number of amides is 1. The molecule has 0 heterocycles. The van der Waals surface area contributed by atoms with Gasteiger partial charge in [0.25, 0.3) is 0 Å². The third kappa shape index (κ3) is 7.33. The molecular weight excluding hydrogens is 192 g/mol. The van der Waals surface area contributed by atoms with Crippen LogP contribution in [0.1, 0.15) is 27.2 Å². The first-order chi connectivity index (χ1) is 7.09. The van der Waals surface area contributed by atoms with Gasteiger partial charge < -0.3 is 15.0 Å². The quantitative estimate of drug-likeness (QED) is 0.612. The van der Waals surface area contributed by atoms with Gasteiger partial charge in [0, 0.05) is 19.6 Å². The van der Waals surface area contributed by atoms with Crippen molar-refractivity contribution in [3.05, 3.63) is 0 Å². The molecule has 0 spiro atoms. The van der Waals surface area contributed by atoms with E-state index in [1.165, 1.54) is 0 Å². The molecule has 90 valence electrons. The van der Waals surface area contributed by atoms with Crippen molar-refractivity contribution in [2.45, 2.75) is 33.2 Å². The van der Waals surface area contributed by atoms with Crippen LogP contribution in [-0.2, 0) is 9.53 Å². The summed E-state index contributed by atoms with van der Waals surface area (Å²) in [7, 11) is 1.80. The van der Waals surface area contributed by atoms with Crippen LogP contribution in [0.15, 0.2) is 0 Å². The van der Waals surface area contributed by atoms with Crippen molar-refractivity contribution in [2.24, 2.45) is 0 Å². The Kier molecular flexibility index (Phi) is 8.33. The van der Waals surface area contributed by atoms with E-state index in [1.807, 2.05) is 13.8 Å². The molecule has 0 saturated carbocycles. The van der Waals surface area contributed by atoms with Crippen molar-refractivity contribution in [1.82, 2.24) is 10.2 Å². The highest BCUT2D eigenvalue weighted by Crippen LogP contribution is 1.94. The van der Waals surface area contributed by atoms with Gasteiger partial charge in [-0.3, -0.25) is 4.79 Å². The molecule has 0 aromatic rings. The molecule has 0 rings (SSSR count). The lowest BCUT2D eigenvalue weighted by atomic mass is 10.3. The highest BCUT2D eigenvalue weighted by molar-refractivity contribution is 5.77. The summed E-state index contributed by atoms with van der Waals surface area (Å²) >= 11 is 0. The van der Waals surface area contributed by atoms with Crippen LogP contribution in [0.25, 0.3) is 0 Å². The second-order valence-corrected chi connectivity index (χ2v) is 3.90. The highest BCUT2D eigenvalue weighted by atomic mass is 16.5. The Labute approximate surface area is 93.0 Å². The number of nitrogens with one attached hydrogen (secondary N) is 1. The standard InChI is InChI=1S/C11H24N2O2/c1-5-6-12-7-8-15-9-11(14)13(4)10(2)3/h10,12H,5-9H2,1-4H3. The van der Waals surface area contributed by atoms with E-state index in [0.717, 1.165) is 19.5 Å². The van der Waals surface area contributed by atoms with Gasteiger partial charge in [0.15, 0.2) is 0 Å². The topological polar surface area (TPSA) is 41.6 Å². The third-order valence-electron chi connectivity index (χ3n) is 2.24.